The van der Waals surface area contributed by atoms with Gasteiger partial charge in [0.15, 0.2) is 0 Å². The molecule has 2 atom stereocenters. The third-order valence-corrected chi connectivity index (χ3v) is 3.72. The zero-order valence-electron chi connectivity index (χ0n) is 11.6. The van der Waals surface area contributed by atoms with Crippen LogP contribution < -0.4 is 10.5 Å². The molecular weight excluding hydrogens is 285 g/mol. The fourth-order valence-corrected chi connectivity index (χ4v) is 2.58. The lowest BCUT2D eigenvalue weighted by atomic mass is 10.0. The molecule has 2 unspecified atom stereocenters. The summed E-state index contributed by atoms with van der Waals surface area (Å²) in [6.45, 7) is 3.02. The Kier molecular flexibility index (Phi) is 4.41. The fourth-order valence-electron chi connectivity index (χ4n) is 2.58. The minimum atomic E-state index is -4.74. The van der Waals surface area contributed by atoms with Crippen LogP contribution >= 0.6 is 0 Å². The molecule has 1 amide bonds. The molecule has 1 aliphatic heterocycles. The van der Waals surface area contributed by atoms with Crippen LogP contribution in [0.5, 0.6) is 5.75 Å². The first kappa shape index (κ1) is 15.6. The molecule has 1 fully saturated rings. The molecule has 4 nitrogen and oxygen atoms in total. The Morgan fingerprint density at radius 2 is 2.00 bits per heavy atom. The molecule has 0 aromatic heterocycles. The summed E-state index contributed by atoms with van der Waals surface area (Å²) in [4.78, 5) is 14.1. The molecule has 1 aromatic rings. The number of rotatable bonds is 3. The largest absolute Gasteiger partial charge is 0.573 e. The Hall–Kier alpha value is -1.76. The Labute approximate surface area is 120 Å². The van der Waals surface area contributed by atoms with Gasteiger partial charge in [-0.1, -0.05) is 6.92 Å². The van der Waals surface area contributed by atoms with Crippen molar-refractivity contribution >= 4 is 5.91 Å². The molecule has 1 heterocycles. The third-order valence-electron chi connectivity index (χ3n) is 3.72. The van der Waals surface area contributed by atoms with Crippen molar-refractivity contribution in [3.63, 3.8) is 0 Å². The molecule has 1 aliphatic rings. The van der Waals surface area contributed by atoms with E-state index in [2.05, 4.69) is 4.74 Å². The normalized spacial score (nSPS) is 22.4. The summed E-state index contributed by atoms with van der Waals surface area (Å²) in [5.74, 6) is -0.232. The van der Waals surface area contributed by atoms with Crippen LogP contribution in [0.4, 0.5) is 13.2 Å². The van der Waals surface area contributed by atoms with Crippen molar-refractivity contribution in [1.82, 2.24) is 4.90 Å². The number of ether oxygens (including phenoxy) is 1. The minimum Gasteiger partial charge on any atom is -0.406 e. The van der Waals surface area contributed by atoms with E-state index in [0.29, 0.717) is 24.6 Å². The second-order valence-electron chi connectivity index (χ2n) is 5.14. The van der Waals surface area contributed by atoms with Crippen LogP contribution in [-0.2, 0) is 0 Å². The lowest BCUT2D eigenvalue weighted by Gasteiger charge is -2.25. The maximum atomic E-state index is 12.4. The van der Waals surface area contributed by atoms with Crippen molar-refractivity contribution in [3.8, 4) is 5.75 Å². The van der Waals surface area contributed by atoms with Crippen molar-refractivity contribution in [2.75, 3.05) is 13.1 Å². The van der Waals surface area contributed by atoms with E-state index in [1.807, 2.05) is 6.92 Å². The predicted molar refractivity (Wildman–Crippen MR) is 70.8 cm³/mol. The maximum Gasteiger partial charge on any atom is 0.573 e. The number of alkyl halides is 3. The second-order valence-corrected chi connectivity index (χ2v) is 5.14. The highest BCUT2D eigenvalue weighted by molar-refractivity contribution is 5.94. The van der Waals surface area contributed by atoms with Gasteiger partial charge in [0.2, 0.25) is 0 Å². The first-order valence-corrected chi connectivity index (χ1v) is 6.68. The summed E-state index contributed by atoms with van der Waals surface area (Å²) in [7, 11) is 0. The zero-order valence-corrected chi connectivity index (χ0v) is 11.6. The van der Waals surface area contributed by atoms with Gasteiger partial charge in [-0.2, -0.15) is 0 Å². The number of likely N-dealkylation sites (tertiary alicyclic amines) is 1. The Balaban J connectivity index is 2.10. The predicted octanol–water partition coefficient (Wildman–Crippen LogP) is 2.39. The highest BCUT2D eigenvalue weighted by atomic mass is 19.4. The molecule has 2 rings (SSSR count). The van der Waals surface area contributed by atoms with Gasteiger partial charge >= 0.3 is 6.36 Å². The second kappa shape index (κ2) is 5.93. The topological polar surface area (TPSA) is 55.6 Å². The molecule has 7 heteroatoms. The SMILES string of the molecule is CC1CCN(C(=O)c2ccc(OC(F)(F)F)cc2)C1CN. The van der Waals surface area contributed by atoms with E-state index in [9.17, 15) is 18.0 Å². The molecule has 0 saturated carbocycles. The molecule has 21 heavy (non-hydrogen) atoms. The van der Waals surface area contributed by atoms with E-state index in [1.54, 1.807) is 4.90 Å². The highest BCUT2D eigenvalue weighted by Gasteiger charge is 2.34. The summed E-state index contributed by atoms with van der Waals surface area (Å²) in [5.41, 5.74) is 6.02. The summed E-state index contributed by atoms with van der Waals surface area (Å²) in [5, 5.41) is 0. The van der Waals surface area contributed by atoms with E-state index >= 15 is 0 Å². The van der Waals surface area contributed by atoms with Crippen LogP contribution in [0.2, 0.25) is 0 Å². The van der Waals surface area contributed by atoms with Gasteiger partial charge in [0.05, 0.1) is 0 Å². The van der Waals surface area contributed by atoms with Crippen molar-refractivity contribution in [3.05, 3.63) is 29.8 Å². The number of hydrogen-bond donors (Lipinski definition) is 1. The number of benzene rings is 1. The van der Waals surface area contributed by atoms with Gasteiger partial charge in [-0.25, -0.2) is 0 Å². The van der Waals surface area contributed by atoms with Crippen LogP contribution in [-0.4, -0.2) is 36.3 Å². The van der Waals surface area contributed by atoms with E-state index < -0.39 is 6.36 Å². The number of hydrogen-bond acceptors (Lipinski definition) is 3. The van der Waals surface area contributed by atoms with Crippen LogP contribution in [0, 0.1) is 5.92 Å². The van der Waals surface area contributed by atoms with E-state index in [0.717, 1.165) is 18.6 Å². The zero-order chi connectivity index (χ0) is 15.6. The van der Waals surface area contributed by atoms with Gasteiger partial charge in [-0.05, 0) is 36.6 Å². The summed E-state index contributed by atoms with van der Waals surface area (Å²) in [6.07, 6.45) is -3.86. The van der Waals surface area contributed by atoms with Gasteiger partial charge < -0.3 is 15.4 Å². The summed E-state index contributed by atoms with van der Waals surface area (Å²) < 4.78 is 40.0. The van der Waals surface area contributed by atoms with Crippen LogP contribution in [0.1, 0.15) is 23.7 Å². The van der Waals surface area contributed by atoms with E-state index in [4.69, 9.17) is 5.73 Å². The summed E-state index contributed by atoms with van der Waals surface area (Å²) >= 11 is 0. The Morgan fingerprint density at radius 1 is 1.38 bits per heavy atom. The molecule has 0 bridgehead atoms. The third kappa shape index (κ3) is 3.66. The smallest absolute Gasteiger partial charge is 0.406 e. The van der Waals surface area contributed by atoms with Crippen molar-refractivity contribution in [1.29, 1.82) is 0 Å². The highest BCUT2D eigenvalue weighted by Crippen LogP contribution is 2.26. The molecule has 1 aromatic carbocycles. The van der Waals surface area contributed by atoms with Crippen LogP contribution in [0.3, 0.4) is 0 Å². The lowest BCUT2D eigenvalue weighted by Crippen LogP contribution is -2.42. The molecule has 0 spiro atoms. The average Bonchev–Trinajstić information content (AvgIpc) is 2.78. The Bertz CT molecular complexity index is 502. The molecular formula is C14H17F3N2O2. The summed E-state index contributed by atoms with van der Waals surface area (Å²) in [6, 6.07) is 4.92. The number of nitrogens with two attached hydrogens (primary N) is 1. The van der Waals surface area contributed by atoms with E-state index in [1.165, 1.54) is 12.1 Å². The lowest BCUT2D eigenvalue weighted by molar-refractivity contribution is -0.274. The van der Waals surface area contributed by atoms with Gasteiger partial charge in [0.25, 0.3) is 5.91 Å². The number of carbonyl (C=O) groups is 1. The molecule has 116 valence electrons. The van der Waals surface area contributed by atoms with Gasteiger partial charge in [0.1, 0.15) is 5.75 Å². The van der Waals surface area contributed by atoms with Crippen LogP contribution in [0.25, 0.3) is 0 Å². The molecule has 1 saturated heterocycles. The molecule has 0 radical (unpaired) electrons. The standard InChI is InChI=1S/C14H17F3N2O2/c1-9-6-7-19(12(9)8-18)13(20)10-2-4-11(5-3-10)21-14(15,16)17/h2-5,9,12H,6-8,18H2,1H3. The Morgan fingerprint density at radius 3 is 2.52 bits per heavy atom. The average molecular weight is 302 g/mol. The first-order valence-electron chi connectivity index (χ1n) is 6.68. The van der Waals surface area contributed by atoms with Gasteiger partial charge in [0, 0.05) is 24.7 Å². The molecule has 2 N–H and O–H groups in total. The van der Waals surface area contributed by atoms with Crippen LogP contribution in [0.15, 0.2) is 24.3 Å². The van der Waals surface area contributed by atoms with Crippen molar-refractivity contribution in [2.45, 2.75) is 25.7 Å². The fraction of sp³-hybridized carbons (Fsp3) is 0.500. The number of nitrogens with zero attached hydrogens (tertiary/aromatic N) is 1. The first-order chi connectivity index (χ1) is 9.81. The van der Waals surface area contributed by atoms with Gasteiger partial charge in [-0.3, -0.25) is 4.79 Å². The maximum absolute atomic E-state index is 12.4. The number of amides is 1. The number of halogens is 3. The number of carbonyl (C=O) groups excluding carboxylic acids is 1. The van der Waals surface area contributed by atoms with E-state index in [-0.39, 0.29) is 17.7 Å². The van der Waals surface area contributed by atoms with Crippen molar-refractivity contribution in [2.24, 2.45) is 11.7 Å². The van der Waals surface area contributed by atoms with Crippen molar-refractivity contribution < 1.29 is 22.7 Å². The molecule has 0 aliphatic carbocycles. The van der Waals surface area contributed by atoms with Gasteiger partial charge in [-0.15, -0.1) is 13.2 Å². The quantitative estimate of drug-likeness (QED) is 0.933. The minimum absolute atomic E-state index is 0.0244. The monoisotopic (exact) mass is 302 g/mol.